The standard InChI is InChI=1S/C10H11BrN2O4/c11-8-2-1-6(5-12-8)9(15)13-7(3-4-14)10(16)17/h1-2,5,7,14H,3-4H2,(H,13,15)(H,16,17). The molecule has 1 atom stereocenters. The number of carbonyl (C=O) groups is 2. The van der Waals surface area contributed by atoms with E-state index in [1.807, 2.05) is 0 Å². The highest BCUT2D eigenvalue weighted by molar-refractivity contribution is 9.10. The maximum Gasteiger partial charge on any atom is 0.326 e. The summed E-state index contributed by atoms with van der Waals surface area (Å²) in [5.74, 6) is -1.72. The summed E-state index contributed by atoms with van der Waals surface area (Å²) < 4.78 is 0.583. The Labute approximate surface area is 106 Å². The number of pyridine rings is 1. The molecule has 1 unspecified atom stereocenters. The highest BCUT2D eigenvalue weighted by atomic mass is 79.9. The number of carboxylic acid groups (broad SMARTS) is 1. The molecule has 0 radical (unpaired) electrons. The first-order valence-electron chi connectivity index (χ1n) is 4.80. The number of hydrogen-bond donors (Lipinski definition) is 3. The molecule has 1 heterocycles. The monoisotopic (exact) mass is 302 g/mol. The van der Waals surface area contributed by atoms with E-state index in [0.29, 0.717) is 4.60 Å². The number of aliphatic carboxylic acids is 1. The lowest BCUT2D eigenvalue weighted by molar-refractivity contribution is -0.139. The van der Waals surface area contributed by atoms with Gasteiger partial charge in [0.1, 0.15) is 10.6 Å². The highest BCUT2D eigenvalue weighted by Crippen LogP contribution is 2.06. The summed E-state index contributed by atoms with van der Waals surface area (Å²) in [6.45, 7) is -0.310. The topological polar surface area (TPSA) is 99.5 Å². The van der Waals surface area contributed by atoms with Crippen LogP contribution >= 0.6 is 15.9 Å². The van der Waals surface area contributed by atoms with Gasteiger partial charge in [0.05, 0.1) is 5.56 Å². The van der Waals surface area contributed by atoms with E-state index in [2.05, 4.69) is 26.2 Å². The summed E-state index contributed by atoms with van der Waals surface area (Å²) in [4.78, 5) is 26.3. The van der Waals surface area contributed by atoms with E-state index in [9.17, 15) is 9.59 Å². The minimum absolute atomic E-state index is 0.0367. The predicted molar refractivity (Wildman–Crippen MR) is 62.5 cm³/mol. The van der Waals surface area contributed by atoms with Gasteiger partial charge in [-0.15, -0.1) is 0 Å². The molecule has 0 aliphatic carbocycles. The van der Waals surface area contributed by atoms with Crippen molar-refractivity contribution in [1.29, 1.82) is 0 Å². The zero-order chi connectivity index (χ0) is 12.8. The largest absolute Gasteiger partial charge is 0.480 e. The Balaban J connectivity index is 2.70. The lowest BCUT2D eigenvalue weighted by Crippen LogP contribution is -2.41. The smallest absolute Gasteiger partial charge is 0.326 e. The predicted octanol–water partition coefficient (Wildman–Crippen LogP) is 0.409. The molecule has 6 nitrogen and oxygen atoms in total. The highest BCUT2D eigenvalue weighted by Gasteiger charge is 2.19. The summed E-state index contributed by atoms with van der Waals surface area (Å²) in [5, 5.41) is 19.8. The van der Waals surface area contributed by atoms with Gasteiger partial charge in [-0.25, -0.2) is 9.78 Å². The van der Waals surface area contributed by atoms with Gasteiger partial charge in [-0.1, -0.05) is 0 Å². The molecule has 0 fully saturated rings. The third-order valence-electron chi connectivity index (χ3n) is 2.01. The van der Waals surface area contributed by atoms with Crippen molar-refractivity contribution in [2.45, 2.75) is 12.5 Å². The van der Waals surface area contributed by atoms with Crippen molar-refractivity contribution >= 4 is 27.8 Å². The zero-order valence-corrected chi connectivity index (χ0v) is 10.3. The van der Waals surface area contributed by atoms with Crippen LogP contribution < -0.4 is 5.32 Å². The maximum atomic E-state index is 11.6. The van der Waals surface area contributed by atoms with Gasteiger partial charge in [0.25, 0.3) is 5.91 Å². The van der Waals surface area contributed by atoms with Crippen molar-refractivity contribution in [2.24, 2.45) is 0 Å². The van der Waals surface area contributed by atoms with E-state index < -0.39 is 17.9 Å². The number of carboxylic acids is 1. The Hall–Kier alpha value is -1.47. The van der Waals surface area contributed by atoms with E-state index in [4.69, 9.17) is 10.2 Å². The fraction of sp³-hybridized carbons (Fsp3) is 0.300. The van der Waals surface area contributed by atoms with Crippen molar-refractivity contribution in [1.82, 2.24) is 10.3 Å². The Morgan fingerprint density at radius 2 is 2.18 bits per heavy atom. The second-order valence-corrected chi connectivity index (χ2v) is 4.06. The molecule has 0 aliphatic rings. The second kappa shape index (κ2) is 6.31. The Bertz CT molecular complexity index is 407. The Kier molecular flexibility index (Phi) is 5.05. The van der Waals surface area contributed by atoms with Gasteiger partial charge >= 0.3 is 5.97 Å². The molecule has 1 rings (SSSR count). The van der Waals surface area contributed by atoms with Crippen molar-refractivity contribution in [3.05, 3.63) is 28.5 Å². The molecule has 17 heavy (non-hydrogen) atoms. The Morgan fingerprint density at radius 3 is 2.65 bits per heavy atom. The number of aliphatic hydroxyl groups excluding tert-OH is 1. The van der Waals surface area contributed by atoms with Crippen LogP contribution in [0.4, 0.5) is 0 Å². The van der Waals surface area contributed by atoms with Crippen LogP contribution in [0.5, 0.6) is 0 Å². The number of rotatable bonds is 5. The molecule has 0 aromatic carbocycles. The van der Waals surface area contributed by atoms with Crippen LogP contribution in [0.3, 0.4) is 0 Å². The number of carbonyl (C=O) groups excluding carboxylic acids is 1. The minimum Gasteiger partial charge on any atom is -0.480 e. The summed E-state index contributed by atoms with van der Waals surface area (Å²) in [6, 6.07) is 2.00. The van der Waals surface area contributed by atoms with E-state index >= 15 is 0 Å². The quantitative estimate of drug-likeness (QED) is 0.684. The molecular weight excluding hydrogens is 292 g/mol. The van der Waals surface area contributed by atoms with Gasteiger partial charge in [0, 0.05) is 19.2 Å². The van der Waals surface area contributed by atoms with Crippen LogP contribution in [0.2, 0.25) is 0 Å². The average Bonchev–Trinajstić information content (AvgIpc) is 2.29. The molecule has 1 aromatic heterocycles. The lowest BCUT2D eigenvalue weighted by atomic mass is 10.2. The zero-order valence-electron chi connectivity index (χ0n) is 8.76. The van der Waals surface area contributed by atoms with Crippen LogP contribution in [0.25, 0.3) is 0 Å². The number of amides is 1. The first-order valence-corrected chi connectivity index (χ1v) is 5.60. The molecule has 1 aromatic rings. The van der Waals surface area contributed by atoms with Gasteiger partial charge in [0.2, 0.25) is 0 Å². The molecule has 0 bridgehead atoms. The SMILES string of the molecule is O=C(NC(CCO)C(=O)O)c1ccc(Br)nc1. The summed E-state index contributed by atoms with van der Waals surface area (Å²) in [6.07, 6.45) is 1.29. The number of halogens is 1. The lowest BCUT2D eigenvalue weighted by Gasteiger charge is -2.12. The molecule has 92 valence electrons. The van der Waals surface area contributed by atoms with Crippen LogP contribution in [-0.2, 0) is 4.79 Å². The van der Waals surface area contributed by atoms with E-state index in [-0.39, 0.29) is 18.6 Å². The van der Waals surface area contributed by atoms with Crippen LogP contribution in [0.1, 0.15) is 16.8 Å². The molecule has 0 spiro atoms. The minimum atomic E-state index is -1.18. The number of nitrogens with one attached hydrogen (secondary N) is 1. The third-order valence-corrected chi connectivity index (χ3v) is 2.48. The molecule has 1 amide bonds. The van der Waals surface area contributed by atoms with E-state index in [0.717, 1.165) is 0 Å². The number of nitrogens with zero attached hydrogens (tertiary/aromatic N) is 1. The van der Waals surface area contributed by atoms with E-state index in [1.165, 1.54) is 12.3 Å². The molecule has 0 saturated carbocycles. The first-order chi connectivity index (χ1) is 8.04. The first kappa shape index (κ1) is 13.6. The van der Waals surface area contributed by atoms with Gasteiger partial charge in [-0.2, -0.15) is 0 Å². The third kappa shape index (κ3) is 4.12. The van der Waals surface area contributed by atoms with Crippen LogP contribution in [0, 0.1) is 0 Å². The second-order valence-electron chi connectivity index (χ2n) is 3.25. The van der Waals surface area contributed by atoms with Gasteiger partial charge < -0.3 is 15.5 Å². The average molecular weight is 303 g/mol. The number of aliphatic hydroxyl groups is 1. The Morgan fingerprint density at radius 1 is 1.47 bits per heavy atom. The molecule has 0 aliphatic heterocycles. The molecule has 0 saturated heterocycles. The summed E-state index contributed by atoms with van der Waals surface area (Å²) >= 11 is 3.12. The van der Waals surface area contributed by atoms with Crippen molar-refractivity contribution in [2.75, 3.05) is 6.61 Å². The van der Waals surface area contributed by atoms with Gasteiger partial charge in [-0.05, 0) is 28.1 Å². The van der Waals surface area contributed by atoms with Gasteiger partial charge in [0.15, 0.2) is 0 Å². The molecular formula is C10H11BrN2O4. The van der Waals surface area contributed by atoms with E-state index in [1.54, 1.807) is 6.07 Å². The summed E-state index contributed by atoms with van der Waals surface area (Å²) in [5.41, 5.74) is 0.261. The normalized spacial score (nSPS) is 11.9. The van der Waals surface area contributed by atoms with Crippen molar-refractivity contribution < 1.29 is 19.8 Å². The maximum absolute atomic E-state index is 11.6. The van der Waals surface area contributed by atoms with Crippen LogP contribution in [0.15, 0.2) is 22.9 Å². The fourth-order valence-corrected chi connectivity index (χ4v) is 1.37. The van der Waals surface area contributed by atoms with Crippen molar-refractivity contribution in [3.63, 3.8) is 0 Å². The number of aromatic nitrogens is 1. The number of hydrogen-bond acceptors (Lipinski definition) is 4. The molecule has 7 heteroatoms. The summed E-state index contributed by atoms with van der Waals surface area (Å²) in [7, 11) is 0. The van der Waals surface area contributed by atoms with Crippen LogP contribution in [-0.4, -0.2) is 39.7 Å². The molecule has 3 N–H and O–H groups in total. The van der Waals surface area contributed by atoms with Crippen molar-refractivity contribution in [3.8, 4) is 0 Å². The van der Waals surface area contributed by atoms with Gasteiger partial charge in [-0.3, -0.25) is 4.79 Å². The fourth-order valence-electron chi connectivity index (χ4n) is 1.14.